The molecule has 0 aromatic rings. The van der Waals surface area contributed by atoms with Crippen molar-refractivity contribution in [3.63, 3.8) is 0 Å². The lowest BCUT2D eigenvalue weighted by Crippen LogP contribution is -2.44. The van der Waals surface area contributed by atoms with E-state index in [4.69, 9.17) is 10.8 Å². The molecule has 0 aliphatic carbocycles. The molecule has 0 heterocycles. The molecule has 6 nitrogen and oxygen atoms in total. The smallest absolute Gasteiger partial charge is 0.306 e. The van der Waals surface area contributed by atoms with Crippen LogP contribution in [0.3, 0.4) is 0 Å². The van der Waals surface area contributed by atoms with E-state index in [2.05, 4.69) is 23.1 Å². The number of amides is 1. The van der Waals surface area contributed by atoms with Gasteiger partial charge in [-0.25, -0.2) is 0 Å². The first kappa shape index (κ1) is 15.6. The van der Waals surface area contributed by atoms with Gasteiger partial charge in [0.2, 0.25) is 5.91 Å². The molecule has 0 aromatic carbocycles. The topological polar surface area (TPSA) is 104 Å². The van der Waals surface area contributed by atoms with Crippen LogP contribution in [0.1, 0.15) is 39.0 Å². The largest absolute Gasteiger partial charge is 0.481 e. The number of hydrogen-bond donors (Lipinski definition) is 4. The van der Waals surface area contributed by atoms with E-state index in [1.54, 1.807) is 0 Å². The number of nitrogens with one attached hydrogen (secondary N) is 2. The average Bonchev–Trinajstić information content (AvgIpc) is 2.25. The van der Waals surface area contributed by atoms with Crippen LogP contribution in [0.25, 0.3) is 0 Å². The molecule has 0 saturated carbocycles. The molecule has 5 N–H and O–H groups in total. The van der Waals surface area contributed by atoms with Gasteiger partial charge in [0.15, 0.2) is 5.11 Å². The minimum atomic E-state index is -0.853. The minimum absolute atomic E-state index is 0.0286. The van der Waals surface area contributed by atoms with E-state index in [0.717, 1.165) is 12.8 Å². The molecular formula is C10H19N3O3S. The number of carbonyl (C=O) groups excluding carboxylic acids is 1. The standard InChI is InChI=1S/C10H19N3O3S/c1-2-3-4-7(9(15)16)5-6-8(14)12-13-10(11)17/h7H,2-6H2,1H3,(H,12,14)(H,15,16)(H3,11,13,17)/t7-/m0/s1. The van der Waals surface area contributed by atoms with Gasteiger partial charge >= 0.3 is 5.97 Å². The average molecular weight is 261 g/mol. The predicted octanol–water partition coefficient (Wildman–Crippen LogP) is 0.522. The van der Waals surface area contributed by atoms with Crippen LogP contribution in [0, 0.1) is 5.92 Å². The molecule has 0 aliphatic rings. The van der Waals surface area contributed by atoms with Crippen molar-refractivity contribution in [3.05, 3.63) is 0 Å². The van der Waals surface area contributed by atoms with Crippen molar-refractivity contribution >= 4 is 29.2 Å². The molecule has 0 aliphatic heterocycles. The summed E-state index contributed by atoms with van der Waals surface area (Å²) >= 11 is 4.51. The van der Waals surface area contributed by atoms with Crippen LogP contribution in [0.5, 0.6) is 0 Å². The Kier molecular flexibility index (Phi) is 8.04. The van der Waals surface area contributed by atoms with Crippen LogP contribution in [0.4, 0.5) is 0 Å². The van der Waals surface area contributed by atoms with E-state index in [0.29, 0.717) is 12.8 Å². The van der Waals surface area contributed by atoms with Crippen molar-refractivity contribution in [1.29, 1.82) is 0 Å². The van der Waals surface area contributed by atoms with Crippen molar-refractivity contribution in [2.45, 2.75) is 39.0 Å². The number of hydrazine groups is 1. The van der Waals surface area contributed by atoms with E-state index in [9.17, 15) is 9.59 Å². The van der Waals surface area contributed by atoms with Crippen molar-refractivity contribution in [1.82, 2.24) is 10.9 Å². The molecule has 0 unspecified atom stereocenters. The molecule has 0 aromatic heterocycles. The van der Waals surface area contributed by atoms with Crippen LogP contribution in [-0.2, 0) is 9.59 Å². The summed E-state index contributed by atoms with van der Waals surface area (Å²) in [6, 6.07) is 0. The zero-order valence-corrected chi connectivity index (χ0v) is 10.7. The predicted molar refractivity (Wildman–Crippen MR) is 67.9 cm³/mol. The Hall–Kier alpha value is -1.37. The van der Waals surface area contributed by atoms with E-state index in [-0.39, 0.29) is 17.4 Å². The van der Waals surface area contributed by atoms with Crippen LogP contribution < -0.4 is 16.6 Å². The molecule has 1 atom stereocenters. The Labute approximate surface area is 106 Å². The molecule has 17 heavy (non-hydrogen) atoms. The molecule has 7 heteroatoms. The number of carboxylic acid groups (broad SMARTS) is 1. The summed E-state index contributed by atoms with van der Waals surface area (Å²) in [4.78, 5) is 22.2. The van der Waals surface area contributed by atoms with Crippen molar-refractivity contribution in [3.8, 4) is 0 Å². The number of carbonyl (C=O) groups is 2. The van der Waals surface area contributed by atoms with Gasteiger partial charge in [-0.05, 0) is 25.1 Å². The molecule has 0 radical (unpaired) electrons. The van der Waals surface area contributed by atoms with Crippen molar-refractivity contribution < 1.29 is 14.7 Å². The minimum Gasteiger partial charge on any atom is -0.481 e. The third kappa shape index (κ3) is 8.44. The van der Waals surface area contributed by atoms with Gasteiger partial charge in [0.25, 0.3) is 0 Å². The monoisotopic (exact) mass is 261 g/mol. The zero-order chi connectivity index (χ0) is 13.3. The lowest BCUT2D eigenvalue weighted by atomic mass is 9.97. The van der Waals surface area contributed by atoms with Gasteiger partial charge in [0.1, 0.15) is 0 Å². The fourth-order valence-electron chi connectivity index (χ4n) is 1.34. The highest BCUT2D eigenvalue weighted by atomic mass is 32.1. The molecule has 1 amide bonds. The second-order valence-electron chi connectivity index (χ2n) is 3.75. The van der Waals surface area contributed by atoms with Crippen LogP contribution >= 0.6 is 12.2 Å². The van der Waals surface area contributed by atoms with E-state index >= 15 is 0 Å². The molecular weight excluding hydrogens is 242 g/mol. The lowest BCUT2D eigenvalue weighted by molar-refractivity contribution is -0.142. The summed E-state index contributed by atoms with van der Waals surface area (Å²) in [6.07, 6.45) is 2.85. The third-order valence-corrected chi connectivity index (χ3v) is 2.40. The molecule has 0 fully saturated rings. The Bertz CT molecular complexity index is 284. The summed E-state index contributed by atoms with van der Waals surface area (Å²) in [5.41, 5.74) is 9.71. The summed E-state index contributed by atoms with van der Waals surface area (Å²) in [7, 11) is 0. The number of unbranched alkanes of at least 4 members (excludes halogenated alkanes) is 1. The van der Waals surface area contributed by atoms with Crippen LogP contribution in [-0.4, -0.2) is 22.1 Å². The van der Waals surface area contributed by atoms with Gasteiger partial charge < -0.3 is 10.8 Å². The van der Waals surface area contributed by atoms with E-state index in [1.165, 1.54) is 0 Å². The summed E-state index contributed by atoms with van der Waals surface area (Å²) < 4.78 is 0. The number of aliphatic carboxylic acids is 1. The number of nitrogens with two attached hydrogens (primary N) is 1. The summed E-state index contributed by atoms with van der Waals surface area (Å²) in [5.74, 6) is -1.64. The van der Waals surface area contributed by atoms with E-state index in [1.807, 2.05) is 6.92 Å². The Balaban J connectivity index is 3.90. The number of carboxylic acids is 1. The van der Waals surface area contributed by atoms with Crippen molar-refractivity contribution in [2.75, 3.05) is 0 Å². The zero-order valence-electron chi connectivity index (χ0n) is 9.86. The first-order chi connectivity index (χ1) is 7.97. The maximum absolute atomic E-state index is 11.3. The molecule has 0 spiro atoms. The van der Waals surface area contributed by atoms with Crippen LogP contribution in [0.2, 0.25) is 0 Å². The van der Waals surface area contributed by atoms with Crippen LogP contribution in [0.15, 0.2) is 0 Å². The first-order valence-corrected chi connectivity index (χ1v) is 5.95. The number of thiocarbonyl (C=S) groups is 1. The second kappa shape index (κ2) is 8.74. The van der Waals surface area contributed by atoms with Gasteiger partial charge in [-0.1, -0.05) is 19.8 Å². The highest BCUT2D eigenvalue weighted by Crippen LogP contribution is 2.14. The van der Waals surface area contributed by atoms with Gasteiger partial charge in [0, 0.05) is 6.42 Å². The van der Waals surface area contributed by atoms with Gasteiger partial charge in [-0.3, -0.25) is 20.4 Å². The molecule has 0 rings (SSSR count). The van der Waals surface area contributed by atoms with E-state index < -0.39 is 11.9 Å². The molecule has 98 valence electrons. The maximum atomic E-state index is 11.3. The quantitative estimate of drug-likeness (QED) is 0.393. The Morgan fingerprint density at radius 3 is 2.47 bits per heavy atom. The lowest BCUT2D eigenvalue weighted by Gasteiger charge is -2.11. The maximum Gasteiger partial charge on any atom is 0.306 e. The highest BCUT2D eigenvalue weighted by Gasteiger charge is 2.17. The van der Waals surface area contributed by atoms with Gasteiger partial charge in [0.05, 0.1) is 5.92 Å². The Morgan fingerprint density at radius 2 is 2.00 bits per heavy atom. The Morgan fingerprint density at radius 1 is 1.35 bits per heavy atom. The normalized spacial score (nSPS) is 11.6. The fourth-order valence-corrected chi connectivity index (χ4v) is 1.39. The summed E-state index contributed by atoms with van der Waals surface area (Å²) in [6.45, 7) is 2.00. The van der Waals surface area contributed by atoms with Crippen molar-refractivity contribution in [2.24, 2.45) is 11.7 Å². The third-order valence-electron chi connectivity index (χ3n) is 2.30. The second-order valence-corrected chi connectivity index (χ2v) is 4.19. The fraction of sp³-hybridized carbons (Fsp3) is 0.700. The first-order valence-electron chi connectivity index (χ1n) is 5.54. The number of hydrogen-bond acceptors (Lipinski definition) is 3. The van der Waals surface area contributed by atoms with Gasteiger partial charge in [-0.15, -0.1) is 0 Å². The number of rotatable bonds is 7. The molecule has 0 saturated heterocycles. The highest BCUT2D eigenvalue weighted by molar-refractivity contribution is 7.80. The summed E-state index contributed by atoms with van der Waals surface area (Å²) in [5, 5.41) is 8.91. The molecule has 0 bridgehead atoms. The SMILES string of the molecule is CCCC[C@@H](CCC(=O)NNC(N)=S)C(=O)O. The van der Waals surface area contributed by atoms with Gasteiger partial charge in [-0.2, -0.15) is 0 Å².